The van der Waals surface area contributed by atoms with Gasteiger partial charge in [-0.2, -0.15) is 0 Å². The van der Waals surface area contributed by atoms with Crippen LogP contribution in [0.15, 0.2) is 84.8 Å². The normalized spacial score (nSPS) is 14.5. The van der Waals surface area contributed by atoms with E-state index >= 15 is 0 Å². The average molecular weight is 610 g/mol. The smallest absolute Gasteiger partial charge is 0.363 e. The zero-order valence-corrected chi connectivity index (χ0v) is 20.5. The number of esters is 1. The molecule has 31 heavy (non-hydrogen) atoms. The first kappa shape index (κ1) is 21.9. The van der Waals surface area contributed by atoms with Crippen molar-refractivity contribution in [2.45, 2.75) is 6.61 Å². The molecule has 1 aliphatic heterocycles. The minimum Gasteiger partial charge on any atom is -0.486 e. The quantitative estimate of drug-likeness (QED) is 0.230. The lowest BCUT2D eigenvalue weighted by atomic mass is 10.2. The Hall–Kier alpha value is -2.29. The van der Waals surface area contributed by atoms with E-state index in [-0.39, 0.29) is 17.2 Å². The van der Waals surface area contributed by atoms with Gasteiger partial charge in [0.1, 0.15) is 18.2 Å². The van der Waals surface area contributed by atoms with Crippen LogP contribution in [0, 0.1) is 5.82 Å². The number of nitrogens with zero attached hydrogens (tertiary/aromatic N) is 1. The van der Waals surface area contributed by atoms with Crippen LogP contribution in [-0.2, 0) is 16.1 Å². The van der Waals surface area contributed by atoms with Crippen LogP contribution in [0.1, 0.15) is 16.7 Å². The number of ether oxygens (including phenoxy) is 2. The van der Waals surface area contributed by atoms with E-state index < -0.39 is 11.8 Å². The van der Waals surface area contributed by atoms with Gasteiger partial charge < -0.3 is 9.47 Å². The van der Waals surface area contributed by atoms with Crippen molar-refractivity contribution in [1.29, 1.82) is 0 Å². The van der Waals surface area contributed by atoms with Gasteiger partial charge in [0.05, 0.1) is 14.5 Å². The predicted molar refractivity (Wildman–Crippen MR) is 127 cm³/mol. The van der Waals surface area contributed by atoms with Crippen LogP contribution in [0.5, 0.6) is 5.75 Å². The van der Waals surface area contributed by atoms with Gasteiger partial charge in [-0.25, -0.2) is 14.2 Å². The minimum atomic E-state index is -0.639. The fourth-order valence-electron chi connectivity index (χ4n) is 2.88. The first-order chi connectivity index (χ1) is 14.9. The van der Waals surface area contributed by atoms with Gasteiger partial charge in [0.15, 0.2) is 5.70 Å². The molecular weight excluding hydrogens is 597 g/mol. The first-order valence-electron chi connectivity index (χ1n) is 9.05. The number of aliphatic imine (C=N–C) groups is 1. The molecule has 0 spiro atoms. The summed E-state index contributed by atoms with van der Waals surface area (Å²) in [6.07, 6.45) is 1.57. The summed E-state index contributed by atoms with van der Waals surface area (Å²) in [4.78, 5) is 16.4. The van der Waals surface area contributed by atoms with Crippen LogP contribution >= 0.6 is 47.8 Å². The van der Waals surface area contributed by atoms with Crippen molar-refractivity contribution in [1.82, 2.24) is 0 Å². The van der Waals surface area contributed by atoms with Gasteiger partial charge in [0.25, 0.3) is 0 Å². The van der Waals surface area contributed by atoms with E-state index in [1.54, 1.807) is 30.3 Å². The molecule has 1 aliphatic rings. The molecule has 3 aromatic rings. The van der Waals surface area contributed by atoms with Crippen LogP contribution in [0.3, 0.4) is 0 Å². The molecule has 0 unspecified atom stereocenters. The molecule has 0 aliphatic carbocycles. The second-order valence-corrected chi connectivity index (χ2v) is 9.07. The zero-order valence-electron chi connectivity index (χ0n) is 15.7. The Balaban J connectivity index is 1.58. The molecule has 0 amide bonds. The van der Waals surface area contributed by atoms with Crippen molar-refractivity contribution in [3.63, 3.8) is 0 Å². The maximum Gasteiger partial charge on any atom is 0.363 e. The minimum absolute atomic E-state index is 0.0547. The summed E-state index contributed by atoms with van der Waals surface area (Å²) in [5.74, 6) is -0.574. The van der Waals surface area contributed by atoms with E-state index in [0.29, 0.717) is 26.9 Å². The number of hydrogen-bond donors (Lipinski definition) is 0. The van der Waals surface area contributed by atoms with E-state index in [2.05, 4.69) is 52.8 Å². The average Bonchev–Trinajstić information content (AvgIpc) is 3.09. The highest BCUT2D eigenvalue weighted by atomic mass is 79.9. The summed E-state index contributed by atoms with van der Waals surface area (Å²) in [6, 6.07) is 17.4. The third-order valence-corrected chi connectivity index (χ3v) is 6.33. The second-order valence-electron chi connectivity index (χ2n) is 6.51. The molecule has 0 saturated heterocycles. The number of carbonyl (C=O) groups is 1. The number of benzene rings is 3. The monoisotopic (exact) mass is 607 g/mol. The third-order valence-electron chi connectivity index (χ3n) is 4.38. The Kier molecular flexibility index (Phi) is 6.69. The first-order valence-corrected chi connectivity index (χ1v) is 11.4. The van der Waals surface area contributed by atoms with Crippen LogP contribution in [0.2, 0.25) is 0 Å². The molecule has 3 aromatic carbocycles. The molecule has 156 valence electrons. The number of hydrogen-bond acceptors (Lipinski definition) is 4. The number of rotatable bonds is 5. The molecule has 8 heteroatoms. The summed E-state index contributed by atoms with van der Waals surface area (Å²) in [5, 5.41) is 0. The molecule has 0 aromatic heterocycles. The fraction of sp³-hybridized carbons (Fsp3) is 0.0435. The molecule has 4 rings (SSSR count). The van der Waals surface area contributed by atoms with Crippen molar-refractivity contribution in [2.24, 2.45) is 4.99 Å². The van der Waals surface area contributed by atoms with Crippen molar-refractivity contribution >= 4 is 65.7 Å². The van der Waals surface area contributed by atoms with Crippen LogP contribution < -0.4 is 4.74 Å². The van der Waals surface area contributed by atoms with E-state index in [9.17, 15) is 9.18 Å². The van der Waals surface area contributed by atoms with Crippen LogP contribution in [-0.4, -0.2) is 11.9 Å². The SMILES string of the molecule is O=C1OC(c2ccccc2F)=N/C1=C\c1cc(Br)c(OCc2ccccc2Br)c(Br)c1. The maximum absolute atomic E-state index is 14.0. The summed E-state index contributed by atoms with van der Waals surface area (Å²) in [7, 11) is 0. The number of halogens is 4. The molecule has 1 heterocycles. The maximum atomic E-state index is 14.0. The largest absolute Gasteiger partial charge is 0.486 e. The van der Waals surface area contributed by atoms with Gasteiger partial charge in [0, 0.05) is 10.0 Å². The second kappa shape index (κ2) is 9.46. The lowest BCUT2D eigenvalue weighted by Crippen LogP contribution is -2.07. The molecule has 0 radical (unpaired) electrons. The van der Waals surface area contributed by atoms with Crippen molar-refractivity contribution in [3.8, 4) is 5.75 Å². The Morgan fingerprint density at radius 3 is 2.35 bits per heavy atom. The van der Waals surface area contributed by atoms with Gasteiger partial charge in [-0.05, 0) is 73.8 Å². The summed E-state index contributed by atoms with van der Waals surface area (Å²) in [5.41, 5.74) is 1.92. The highest BCUT2D eigenvalue weighted by molar-refractivity contribution is 9.11. The van der Waals surface area contributed by atoms with Gasteiger partial charge >= 0.3 is 5.97 Å². The van der Waals surface area contributed by atoms with Gasteiger partial charge in [0.2, 0.25) is 5.90 Å². The summed E-state index contributed by atoms with van der Waals surface area (Å²) in [6.45, 7) is 0.377. The lowest BCUT2D eigenvalue weighted by Gasteiger charge is -2.12. The van der Waals surface area contributed by atoms with Crippen molar-refractivity contribution in [3.05, 3.63) is 102 Å². The molecule has 0 bridgehead atoms. The molecule has 0 atom stereocenters. The Bertz CT molecular complexity index is 1220. The zero-order chi connectivity index (χ0) is 22.0. The highest BCUT2D eigenvalue weighted by Gasteiger charge is 2.26. The molecule has 0 saturated carbocycles. The van der Waals surface area contributed by atoms with Gasteiger partial charge in [-0.1, -0.05) is 46.3 Å². The van der Waals surface area contributed by atoms with E-state index in [4.69, 9.17) is 9.47 Å². The van der Waals surface area contributed by atoms with Gasteiger partial charge in [-0.15, -0.1) is 0 Å². The van der Waals surface area contributed by atoms with E-state index in [1.165, 1.54) is 12.1 Å². The van der Waals surface area contributed by atoms with Gasteiger partial charge in [-0.3, -0.25) is 0 Å². The Morgan fingerprint density at radius 2 is 1.65 bits per heavy atom. The predicted octanol–water partition coefficient (Wildman–Crippen LogP) is 7.04. The van der Waals surface area contributed by atoms with Crippen LogP contribution in [0.4, 0.5) is 4.39 Å². The summed E-state index contributed by atoms with van der Waals surface area (Å²) >= 11 is 10.5. The molecule has 4 nitrogen and oxygen atoms in total. The van der Waals surface area contributed by atoms with E-state index in [1.807, 2.05) is 24.3 Å². The van der Waals surface area contributed by atoms with Crippen molar-refractivity contribution < 1.29 is 18.7 Å². The highest BCUT2D eigenvalue weighted by Crippen LogP contribution is 2.36. The number of cyclic esters (lactones) is 1. The lowest BCUT2D eigenvalue weighted by molar-refractivity contribution is -0.129. The molecular formula is C23H13Br3FNO3. The summed E-state index contributed by atoms with van der Waals surface area (Å²) < 4.78 is 27.4. The molecule has 0 N–H and O–H groups in total. The molecule has 0 fully saturated rings. The Labute approximate surface area is 203 Å². The standard InChI is InChI=1S/C23H13Br3FNO3/c24-16-7-3-1-5-14(16)12-30-21-17(25)9-13(10-18(21)26)11-20-23(29)31-22(28-20)15-6-2-4-8-19(15)27/h1-11H,12H2/b20-11-. The third kappa shape index (κ3) is 4.97. The van der Waals surface area contributed by atoms with E-state index in [0.717, 1.165) is 10.0 Å². The number of carbonyl (C=O) groups excluding carboxylic acids is 1. The van der Waals surface area contributed by atoms with Crippen molar-refractivity contribution in [2.75, 3.05) is 0 Å². The Morgan fingerprint density at radius 1 is 0.968 bits per heavy atom. The van der Waals surface area contributed by atoms with Crippen LogP contribution in [0.25, 0.3) is 6.08 Å². The topological polar surface area (TPSA) is 47.9 Å². The fourth-order valence-corrected chi connectivity index (χ4v) is 4.73.